The van der Waals surface area contributed by atoms with Crippen LogP contribution in [-0.2, 0) is 10.0 Å². The molecule has 1 aliphatic rings. The third kappa shape index (κ3) is 2.56. The Hall–Kier alpha value is 0.160. The Bertz CT molecular complexity index is 289. The highest BCUT2D eigenvalue weighted by molar-refractivity contribution is 7.88. The van der Waals surface area contributed by atoms with Crippen molar-refractivity contribution < 1.29 is 8.42 Å². The van der Waals surface area contributed by atoms with Crippen LogP contribution in [0.3, 0.4) is 0 Å². The van der Waals surface area contributed by atoms with Crippen molar-refractivity contribution in [3.8, 4) is 0 Å². The quantitative estimate of drug-likeness (QED) is 0.612. The molecule has 1 rings (SSSR count). The minimum atomic E-state index is -3.11. The molecule has 0 radical (unpaired) electrons. The molecule has 0 aromatic rings. The molecule has 0 bridgehead atoms. The molecule has 0 unspecified atom stereocenters. The predicted octanol–water partition coefficient (Wildman–Crippen LogP) is 0.496. The van der Waals surface area contributed by atoms with Gasteiger partial charge in [-0.15, -0.1) is 0 Å². The molecule has 0 N–H and O–H groups in total. The van der Waals surface area contributed by atoms with Crippen LogP contribution >= 0.6 is 11.8 Å². The molecule has 1 saturated heterocycles. The predicted molar refractivity (Wildman–Crippen MR) is 53.1 cm³/mol. The van der Waals surface area contributed by atoms with E-state index < -0.39 is 15.6 Å². The van der Waals surface area contributed by atoms with Crippen molar-refractivity contribution >= 4 is 21.8 Å². The second kappa shape index (κ2) is 3.38. The molecule has 0 atom stereocenters. The van der Waals surface area contributed by atoms with E-state index >= 15 is 0 Å². The number of rotatable bonds is 1. The Morgan fingerprint density at radius 2 is 1.85 bits per heavy atom. The lowest BCUT2D eigenvalue weighted by Gasteiger charge is -2.43. The summed E-state index contributed by atoms with van der Waals surface area (Å²) in [5, 5.41) is 0. The average molecular weight is 227 g/mol. The van der Waals surface area contributed by atoms with Crippen LogP contribution in [0.4, 0.5) is 0 Å². The van der Waals surface area contributed by atoms with Crippen molar-refractivity contribution in [3.05, 3.63) is 0 Å². The van der Waals surface area contributed by atoms with Gasteiger partial charge < -0.3 is 0 Å². The first-order valence-electron chi connectivity index (χ1n) is 4.12. The lowest BCUT2D eigenvalue weighted by Crippen LogP contribution is -2.58. The van der Waals surface area contributed by atoms with Crippen molar-refractivity contribution in [1.29, 1.82) is 0 Å². The highest BCUT2D eigenvalue weighted by atomic mass is 35.5. The summed E-state index contributed by atoms with van der Waals surface area (Å²) in [6.45, 7) is 5.36. The van der Waals surface area contributed by atoms with Crippen LogP contribution in [0.15, 0.2) is 0 Å². The van der Waals surface area contributed by atoms with E-state index in [2.05, 4.69) is 0 Å². The van der Waals surface area contributed by atoms with Crippen molar-refractivity contribution in [2.24, 2.45) is 0 Å². The Balaban J connectivity index is 2.89. The summed E-state index contributed by atoms with van der Waals surface area (Å²) in [6.07, 6.45) is 1.23. The summed E-state index contributed by atoms with van der Waals surface area (Å²) in [5.41, 5.74) is -0.409. The van der Waals surface area contributed by atoms with Crippen LogP contribution in [0, 0.1) is 0 Å². The van der Waals surface area contributed by atoms with E-state index in [1.807, 2.05) is 13.8 Å². The Morgan fingerprint density at radius 3 is 2.23 bits per heavy atom. The zero-order valence-electron chi connectivity index (χ0n) is 8.12. The molecule has 1 aliphatic heterocycles. The molecule has 78 valence electrons. The van der Waals surface area contributed by atoms with E-state index in [1.165, 1.54) is 10.6 Å². The van der Waals surface area contributed by atoms with Gasteiger partial charge in [-0.1, -0.05) is 0 Å². The maximum absolute atomic E-state index is 11.4. The summed E-state index contributed by atoms with van der Waals surface area (Å²) in [5.74, 6) is 0. The van der Waals surface area contributed by atoms with Gasteiger partial charge in [0.1, 0.15) is 0 Å². The minimum Gasteiger partial charge on any atom is -0.217 e. The van der Waals surface area contributed by atoms with Gasteiger partial charge in [0.15, 0.2) is 0 Å². The number of hydrogen-bond donors (Lipinski definition) is 0. The van der Waals surface area contributed by atoms with E-state index in [9.17, 15) is 8.42 Å². The van der Waals surface area contributed by atoms with Gasteiger partial charge in [-0.25, -0.2) is 12.8 Å². The fourth-order valence-electron chi connectivity index (χ4n) is 1.69. The number of halogens is 1. The smallest absolute Gasteiger partial charge is 0.211 e. The van der Waals surface area contributed by atoms with E-state index in [1.54, 1.807) is 4.42 Å². The first-order valence-corrected chi connectivity index (χ1v) is 6.31. The molecule has 1 heterocycles. The van der Waals surface area contributed by atoms with Gasteiger partial charge in [-0.05, 0) is 25.6 Å². The maximum Gasteiger partial charge on any atom is 0.211 e. The van der Waals surface area contributed by atoms with E-state index in [4.69, 9.17) is 11.8 Å². The fraction of sp³-hybridized carbons (Fsp3) is 1.00. The summed E-state index contributed by atoms with van der Waals surface area (Å²) in [4.78, 5) is 0. The monoisotopic (exact) mass is 226 g/mol. The van der Waals surface area contributed by atoms with Gasteiger partial charge in [-0.2, -0.15) is 4.31 Å². The van der Waals surface area contributed by atoms with Crippen LogP contribution in [0.25, 0.3) is 0 Å². The minimum absolute atomic E-state index is 0.409. The molecule has 0 amide bonds. The van der Waals surface area contributed by atoms with Gasteiger partial charge >= 0.3 is 0 Å². The standard InChI is InChI=1S/C7H15ClN2O2S/c1-7(2)6-9(8)4-5-10(7)13(3,11)12/h4-6H2,1-3H3. The number of nitrogens with zero attached hydrogens (tertiary/aromatic N) is 2. The lowest BCUT2D eigenvalue weighted by molar-refractivity contribution is 0.136. The maximum atomic E-state index is 11.4. The molecule has 1 fully saturated rings. The third-order valence-electron chi connectivity index (χ3n) is 2.18. The van der Waals surface area contributed by atoms with Crippen molar-refractivity contribution in [1.82, 2.24) is 8.72 Å². The topological polar surface area (TPSA) is 40.6 Å². The largest absolute Gasteiger partial charge is 0.217 e. The first kappa shape index (κ1) is 11.2. The number of piperazine rings is 1. The van der Waals surface area contributed by atoms with E-state index in [0.29, 0.717) is 19.6 Å². The molecule has 0 aromatic heterocycles. The molecule has 13 heavy (non-hydrogen) atoms. The van der Waals surface area contributed by atoms with E-state index in [0.717, 1.165) is 0 Å². The molecular formula is C7H15ClN2O2S. The first-order chi connectivity index (χ1) is 5.73. The second-order valence-corrected chi connectivity index (χ2v) is 6.38. The molecular weight excluding hydrogens is 212 g/mol. The zero-order valence-corrected chi connectivity index (χ0v) is 9.69. The van der Waals surface area contributed by atoms with Crippen LogP contribution in [0.5, 0.6) is 0 Å². The second-order valence-electron chi connectivity index (χ2n) is 3.99. The van der Waals surface area contributed by atoms with Gasteiger partial charge in [-0.3, -0.25) is 0 Å². The van der Waals surface area contributed by atoms with Crippen LogP contribution in [0.2, 0.25) is 0 Å². The Morgan fingerprint density at radius 1 is 1.31 bits per heavy atom. The third-order valence-corrected chi connectivity index (χ3v) is 3.95. The van der Waals surface area contributed by atoms with Gasteiger partial charge in [0.05, 0.1) is 6.26 Å². The van der Waals surface area contributed by atoms with Gasteiger partial charge in [0, 0.05) is 25.2 Å². The fourth-order valence-corrected chi connectivity index (χ4v) is 3.43. The molecule has 0 aliphatic carbocycles. The van der Waals surface area contributed by atoms with Crippen LogP contribution in [0.1, 0.15) is 13.8 Å². The van der Waals surface area contributed by atoms with E-state index in [-0.39, 0.29) is 0 Å². The van der Waals surface area contributed by atoms with Crippen molar-refractivity contribution in [3.63, 3.8) is 0 Å². The van der Waals surface area contributed by atoms with Crippen molar-refractivity contribution in [2.45, 2.75) is 19.4 Å². The highest BCUT2D eigenvalue weighted by Crippen LogP contribution is 2.24. The molecule has 0 spiro atoms. The average Bonchev–Trinajstić information content (AvgIpc) is 1.79. The van der Waals surface area contributed by atoms with Crippen LogP contribution < -0.4 is 0 Å². The normalized spacial score (nSPS) is 26.2. The Labute approximate surface area is 84.6 Å². The summed E-state index contributed by atoms with van der Waals surface area (Å²) in [6, 6.07) is 0. The molecule has 4 nitrogen and oxygen atoms in total. The molecule has 0 saturated carbocycles. The number of hydrogen-bond acceptors (Lipinski definition) is 3. The SMILES string of the molecule is CC1(C)CN(Cl)CCN1S(C)(=O)=O. The highest BCUT2D eigenvalue weighted by Gasteiger charge is 2.38. The number of sulfonamides is 1. The summed E-state index contributed by atoms with van der Waals surface area (Å²) >= 11 is 5.83. The zero-order chi connectivity index (χ0) is 10.3. The van der Waals surface area contributed by atoms with Crippen molar-refractivity contribution in [2.75, 3.05) is 25.9 Å². The Kier molecular flexibility index (Phi) is 2.92. The molecule has 0 aromatic carbocycles. The van der Waals surface area contributed by atoms with Gasteiger partial charge in [0.2, 0.25) is 10.0 Å². The molecule has 6 heteroatoms. The summed E-state index contributed by atoms with van der Waals surface area (Å²) < 4.78 is 25.9. The summed E-state index contributed by atoms with van der Waals surface area (Å²) in [7, 11) is -3.11. The van der Waals surface area contributed by atoms with Gasteiger partial charge in [0.25, 0.3) is 0 Å². The van der Waals surface area contributed by atoms with Crippen LogP contribution in [-0.4, -0.2) is 48.6 Å². The lowest BCUT2D eigenvalue weighted by atomic mass is 10.0.